The van der Waals surface area contributed by atoms with Gasteiger partial charge in [0.1, 0.15) is 16.4 Å². The fraction of sp³-hybridized carbons (Fsp3) is 0.389. The lowest BCUT2D eigenvalue weighted by atomic mass is 10.2. The largest absolute Gasteiger partial charge is 0.465 e. The quantitative estimate of drug-likeness (QED) is 0.776. The Hall–Kier alpha value is -1.64. The average Bonchev–Trinajstić information content (AvgIpc) is 2.88. The zero-order valence-corrected chi connectivity index (χ0v) is 17.1. The van der Waals surface area contributed by atoms with Gasteiger partial charge in [0.2, 0.25) is 10.0 Å². The molecule has 0 unspecified atom stereocenters. The summed E-state index contributed by atoms with van der Waals surface area (Å²) in [6, 6.07) is 6.50. The molecule has 1 aromatic carbocycles. The van der Waals surface area contributed by atoms with Crippen molar-refractivity contribution in [2.45, 2.75) is 38.0 Å². The summed E-state index contributed by atoms with van der Waals surface area (Å²) in [7, 11) is -3.65. The number of piperidine rings is 1. The minimum atomic E-state index is -3.65. The topological polar surface area (TPSA) is 79.6 Å². The van der Waals surface area contributed by atoms with Gasteiger partial charge in [0.05, 0.1) is 15.7 Å². The number of aryl methyl sites for hydroxylation is 2. The molecule has 140 valence electrons. The average molecular weight is 441 g/mol. The van der Waals surface area contributed by atoms with Crippen molar-refractivity contribution in [3.63, 3.8) is 0 Å². The highest BCUT2D eigenvalue weighted by Crippen LogP contribution is 2.30. The maximum atomic E-state index is 13.0. The zero-order chi connectivity index (χ0) is 18.9. The molecule has 3 rings (SSSR count). The monoisotopic (exact) mass is 440 g/mol. The highest BCUT2D eigenvalue weighted by molar-refractivity contribution is 9.10. The lowest BCUT2D eigenvalue weighted by Gasteiger charge is -2.26. The molecule has 2 aromatic rings. The molecule has 8 heteroatoms. The molecule has 0 spiro atoms. The zero-order valence-electron chi connectivity index (χ0n) is 14.7. The van der Waals surface area contributed by atoms with Crippen molar-refractivity contribution < 1.29 is 17.6 Å². The summed E-state index contributed by atoms with van der Waals surface area (Å²) in [5.41, 5.74) is 0.640. The molecule has 2 heterocycles. The third kappa shape index (κ3) is 3.58. The van der Waals surface area contributed by atoms with Crippen LogP contribution in [0.5, 0.6) is 0 Å². The second kappa shape index (κ2) is 7.54. The Kier molecular flexibility index (Phi) is 5.55. The van der Waals surface area contributed by atoms with Crippen LogP contribution in [0.3, 0.4) is 0 Å². The molecule has 6 nitrogen and oxygen atoms in total. The van der Waals surface area contributed by atoms with E-state index in [4.69, 9.17) is 4.42 Å². The lowest BCUT2D eigenvalue weighted by molar-refractivity contribution is 0.102. The van der Waals surface area contributed by atoms with E-state index < -0.39 is 15.9 Å². The molecule has 1 aromatic heterocycles. The number of hydrogen-bond donors (Lipinski definition) is 1. The van der Waals surface area contributed by atoms with E-state index in [1.165, 1.54) is 10.4 Å². The molecule has 1 amide bonds. The number of halogens is 1. The molecule has 1 aliphatic heterocycles. The number of hydrogen-bond acceptors (Lipinski definition) is 4. The molecule has 1 aliphatic rings. The van der Waals surface area contributed by atoms with E-state index in [9.17, 15) is 13.2 Å². The Morgan fingerprint density at radius 3 is 2.38 bits per heavy atom. The normalized spacial score (nSPS) is 15.8. The third-order valence-electron chi connectivity index (χ3n) is 4.48. The van der Waals surface area contributed by atoms with Crippen LogP contribution in [-0.4, -0.2) is 31.7 Å². The number of sulfonamides is 1. The summed E-state index contributed by atoms with van der Waals surface area (Å²) in [6.07, 6.45) is 2.75. The van der Waals surface area contributed by atoms with Gasteiger partial charge in [-0.25, -0.2) is 8.42 Å². The number of benzene rings is 1. The minimum Gasteiger partial charge on any atom is -0.465 e. The van der Waals surface area contributed by atoms with Gasteiger partial charge in [-0.2, -0.15) is 4.31 Å². The van der Waals surface area contributed by atoms with Crippen molar-refractivity contribution in [2.24, 2.45) is 0 Å². The van der Waals surface area contributed by atoms with E-state index >= 15 is 0 Å². The molecule has 1 fully saturated rings. The Morgan fingerprint density at radius 1 is 1.12 bits per heavy atom. The molecular formula is C18H21BrN2O4S. The number of rotatable bonds is 4. The fourth-order valence-corrected chi connectivity index (χ4v) is 5.34. The summed E-state index contributed by atoms with van der Waals surface area (Å²) in [5, 5.41) is 2.73. The molecule has 0 radical (unpaired) electrons. The van der Waals surface area contributed by atoms with Gasteiger partial charge in [-0.05, 0) is 54.8 Å². The Morgan fingerprint density at radius 2 is 1.77 bits per heavy atom. The first-order chi connectivity index (χ1) is 12.3. The molecule has 0 atom stereocenters. The number of para-hydroxylation sites is 1. The van der Waals surface area contributed by atoms with Crippen LogP contribution in [-0.2, 0) is 10.0 Å². The molecular weight excluding hydrogens is 420 g/mol. The second-order valence-corrected chi connectivity index (χ2v) is 9.02. The van der Waals surface area contributed by atoms with Gasteiger partial charge in [0.15, 0.2) is 0 Å². The molecule has 0 bridgehead atoms. The number of anilines is 1. The van der Waals surface area contributed by atoms with E-state index in [-0.39, 0.29) is 10.6 Å². The van der Waals surface area contributed by atoms with Crippen LogP contribution < -0.4 is 5.32 Å². The maximum Gasteiger partial charge on any atom is 0.260 e. The van der Waals surface area contributed by atoms with Gasteiger partial charge in [-0.3, -0.25) is 4.79 Å². The smallest absolute Gasteiger partial charge is 0.260 e. The first kappa shape index (κ1) is 19.1. The number of nitrogens with zero attached hydrogens (tertiary/aromatic N) is 1. The van der Waals surface area contributed by atoms with Gasteiger partial charge in [0.25, 0.3) is 5.91 Å². The van der Waals surface area contributed by atoms with Gasteiger partial charge >= 0.3 is 0 Å². The predicted molar refractivity (Wildman–Crippen MR) is 103 cm³/mol. The molecule has 1 saturated heterocycles. The number of nitrogens with one attached hydrogen (secondary N) is 1. The van der Waals surface area contributed by atoms with Crippen LogP contribution in [0.15, 0.2) is 38.1 Å². The van der Waals surface area contributed by atoms with Gasteiger partial charge in [-0.15, -0.1) is 0 Å². The molecule has 0 aliphatic carbocycles. The maximum absolute atomic E-state index is 13.0. The third-order valence-corrected chi connectivity index (χ3v) is 7.39. The lowest BCUT2D eigenvalue weighted by Crippen LogP contribution is -2.36. The van der Waals surface area contributed by atoms with Gasteiger partial charge < -0.3 is 9.73 Å². The van der Waals surface area contributed by atoms with E-state index in [0.717, 1.165) is 19.3 Å². The number of carbonyl (C=O) groups excluding carboxylic acids is 1. The SMILES string of the molecule is Cc1oc(C)c(C(=O)Nc2ccccc2S(=O)(=O)N2CCCCC2)c1Br. The standard InChI is InChI=1S/C18H21BrN2O4S/c1-12-16(17(19)13(2)25-12)18(22)20-14-8-4-5-9-15(14)26(23,24)21-10-6-3-7-11-21/h4-5,8-9H,3,6-7,10-11H2,1-2H3,(H,20,22). The van der Waals surface area contributed by atoms with Crippen molar-refractivity contribution in [3.05, 3.63) is 45.8 Å². The summed E-state index contributed by atoms with van der Waals surface area (Å²) < 4.78 is 33.5. The highest BCUT2D eigenvalue weighted by atomic mass is 79.9. The summed E-state index contributed by atoms with van der Waals surface area (Å²) in [6.45, 7) is 4.47. The fourth-order valence-electron chi connectivity index (χ4n) is 3.14. The summed E-state index contributed by atoms with van der Waals surface area (Å²) in [4.78, 5) is 12.8. The van der Waals surface area contributed by atoms with Crippen molar-refractivity contribution in [2.75, 3.05) is 18.4 Å². The Balaban J connectivity index is 1.93. The van der Waals surface area contributed by atoms with E-state index in [2.05, 4.69) is 21.2 Å². The van der Waals surface area contributed by atoms with Crippen LogP contribution in [0.4, 0.5) is 5.69 Å². The van der Waals surface area contributed by atoms with Crippen molar-refractivity contribution in [1.29, 1.82) is 0 Å². The van der Waals surface area contributed by atoms with Crippen LogP contribution in [0.25, 0.3) is 0 Å². The van der Waals surface area contributed by atoms with Crippen LogP contribution in [0, 0.1) is 13.8 Å². The Bertz CT molecular complexity index is 931. The first-order valence-electron chi connectivity index (χ1n) is 8.48. The van der Waals surface area contributed by atoms with E-state index in [1.807, 2.05) is 0 Å². The molecule has 26 heavy (non-hydrogen) atoms. The summed E-state index contributed by atoms with van der Waals surface area (Å²) >= 11 is 3.35. The van der Waals surface area contributed by atoms with Crippen LogP contribution >= 0.6 is 15.9 Å². The van der Waals surface area contributed by atoms with E-state index in [1.54, 1.807) is 32.0 Å². The second-order valence-electron chi connectivity index (χ2n) is 6.32. The van der Waals surface area contributed by atoms with Crippen molar-refractivity contribution in [3.8, 4) is 0 Å². The Labute approximate surface area is 161 Å². The first-order valence-corrected chi connectivity index (χ1v) is 10.7. The van der Waals surface area contributed by atoms with Crippen molar-refractivity contribution >= 4 is 37.5 Å². The summed E-state index contributed by atoms with van der Waals surface area (Å²) in [5.74, 6) is 0.664. The minimum absolute atomic E-state index is 0.115. The van der Waals surface area contributed by atoms with Gasteiger partial charge in [0, 0.05) is 13.1 Å². The molecule has 1 N–H and O–H groups in total. The number of carbonyl (C=O) groups is 1. The predicted octanol–water partition coefficient (Wildman–Crippen LogP) is 4.09. The highest BCUT2D eigenvalue weighted by Gasteiger charge is 2.29. The van der Waals surface area contributed by atoms with Crippen LogP contribution in [0.1, 0.15) is 41.1 Å². The number of amides is 1. The molecule has 0 saturated carbocycles. The van der Waals surface area contributed by atoms with E-state index in [0.29, 0.717) is 34.6 Å². The van der Waals surface area contributed by atoms with Crippen LogP contribution in [0.2, 0.25) is 0 Å². The number of furan rings is 1. The van der Waals surface area contributed by atoms with Crippen molar-refractivity contribution in [1.82, 2.24) is 4.31 Å². The van der Waals surface area contributed by atoms with Gasteiger partial charge in [-0.1, -0.05) is 18.6 Å².